The van der Waals surface area contributed by atoms with Crippen molar-refractivity contribution in [2.45, 2.75) is 19.1 Å². The standard InChI is InChI=1S/C13H14ClNO3/c1-7-3-2-4-8-5-9(12(18)10(17)6-16)13(14)15-11(7)8/h2-5,10,12,16-18H,6H2,1H3. The molecular formula is C13H14ClNO3. The molecule has 2 aromatic rings. The van der Waals surface area contributed by atoms with Gasteiger partial charge in [0.25, 0.3) is 0 Å². The number of hydrogen-bond donors (Lipinski definition) is 3. The Morgan fingerprint density at radius 2 is 2.06 bits per heavy atom. The quantitative estimate of drug-likeness (QED) is 0.739. The number of aromatic nitrogens is 1. The number of halogens is 1. The van der Waals surface area contributed by atoms with Gasteiger partial charge in [-0.05, 0) is 18.6 Å². The molecule has 3 N–H and O–H groups in total. The third kappa shape index (κ3) is 2.33. The molecule has 5 heteroatoms. The number of para-hydroxylation sites is 1. The Balaban J connectivity index is 2.56. The zero-order valence-corrected chi connectivity index (χ0v) is 10.6. The fourth-order valence-corrected chi connectivity index (χ4v) is 2.11. The number of hydrogen-bond acceptors (Lipinski definition) is 4. The van der Waals surface area contributed by atoms with E-state index in [1.165, 1.54) is 0 Å². The molecule has 0 aliphatic heterocycles. The largest absolute Gasteiger partial charge is 0.394 e. The number of rotatable bonds is 3. The number of aliphatic hydroxyl groups excluding tert-OH is 3. The molecule has 2 atom stereocenters. The summed E-state index contributed by atoms with van der Waals surface area (Å²) in [6.07, 6.45) is -2.52. The molecule has 4 nitrogen and oxygen atoms in total. The Kier molecular flexibility index (Phi) is 3.82. The summed E-state index contributed by atoms with van der Waals surface area (Å²) in [7, 11) is 0. The first-order valence-corrected chi connectivity index (χ1v) is 5.95. The van der Waals surface area contributed by atoms with Gasteiger partial charge in [0.15, 0.2) is 0 Å². The van der Waals surface area contributed by atoms with Gasteiger partial charge < -0.3 is 15.3 Å². The number of fused-ring (bicyclic) bond motifs is 1. The molecule has 2 rings (SSSR count). The number of aliphatic hydroxyl groups is 3. The molecule has 0 radical (unpaired) electrons. The van der Waals surface area contributed by atoms with E-state index in [9.17, 15) is 10.2 Å². The molecule has 0 aliphatic rings. The molecule has 1 aromatic carbocycles. The van der Waals surface area contributed by atoms with Crippen molar-refractivity contribution in [2.75, 3.05) is 6.61 Å². The van der Waals surface area contributed by atoms with Crippen molar-refractivity contribution in [3.05, 3.63) is 40.5 Å². The predicted molar refractivity (Wildman–Crippen MR) is 69.5 cm³/mol. The first kappa shape index (κ1) is 13.2. The third-order valence-electron chi connectivity index (χ3n) is 2.90. The lowest BCUT2D eigenvalue weighted by atomic mass is 10.0. The van der Waals surface area contributed by atoms with Gasteiger partial charge in [0, 0.05) is 10.9 Å². The van der Waals surface area contributed by atoms with Crippen LogP contribution in [-0.4, -0.2) is 33.0 Å². The van der Waals surface area contributed by atoms with E-state index in [0.717, 1.165) is 16.5 Å². The Morgan fingerprint density at radius 1 is 1.33 bits per heavy atom. The lowest BCUT2D eigenvalue weighted by Gasteiger charge is -2.17. The van der Waals surface area contributed by atoms with E-state index in [4.69, 9.17) is 16.7 Å². The van der Waals surface area contributed by atoms with Crippen LogP contribution in [0, 0.1) is 6.92 Å². The van der Waals surface area contributed by atoms with Crippen LogP contribution in [0.5, 0.6) is 0 Å². The molecular weight excluding hydrogens is 254 g/mol. The van der Waals surface area contributed by atoms with Crippen molar-refractivity contribution in [3.63, 3.8) is 0 Å². The van der Waals surface area contributed by atoms with Crippen molar-refractivity contribution < 1.29 is 15.3 Å². The van der Waals surface area contributed by atoms with E-state index >= 15 is 0 Å². The zero-order valence-electron chi connectivity index (χ0n) is 9.84. The van der Waals surface area contributed by atoms with Gasteiger partial charge in [0.2, 0.25) is 0 Å². The normalized spacial score (nSPS) is 14.7. The predicted octanol–water partition coefficient (Wildman–Crippen LogP) is 1.58. The second-order valence-electron chi connectivity index (χ2n) is 4.21. The van der Waals surface area contributed by atoms with E-state index in [1.54, 1.807) is 6.07 Å². The zero-order chi connectivity index (χ0) is 13.3. The highest BCUT2D eigenvalue weighted by Crippen LogP contribution is 2.28. The van der Waals surface area contributed by atoms with Crippen LogP contribution in [0.2, 0.25) is 5.15 Å². The van der Waals surface area contributed by atoms with Gasteiger partial charge in [-0.25, -0.2) is 4.98 Å². The van der Waals surface area contributed by atoms with E-state index in [-0.39, 0.29) is 5.15 Å². The molecule has 0 fully saturated rings. The van der Waals surface area contributed by atoms with Gasteiger partial charge in [-0.3, -0.25) is 0 Å². The van der Waals surface area contributed by atoms with Gasteiger partial charge in [-0.1, -0.05) is 29.8 Å². The summed E-state index contributed by atoms with van der Waals surface area (Å²) >= 11 is 6.01. The highest BCUT2D eigenvalue weighted by atomic mass is 35.5. The number of aryl methyl sites for hydroxylation is 1. The molecule has 1 heterocycles. The summed E-state index contributed by atoms with van der Waals surface area (Å²) in [5.74, 6) is 0. The summed E-state index contributed by atoms with van der Waals surface area (Å²) in [5.41, 5.74) is 2.06. The van der Waals surface area contributed by atoms with Crippen LogP contribution in [0.3, 0.4) is 0 Å². The molecule has 96 valence electrons. The average Bonchev–Trinajstić information content (AvgIpc) is 2.37. The molecule has 0 saturated carbocycles. The number of pyridine rings is 1. The van der Waals surface area contributed by atoms with Gasteiger partial charge in [-0.15, -0.1) is 0 Å². The maximum Gasteiger partial charge on any atom is 0.135 e. The maximum atomic E-state index is 9.86. The average molecular weight is 268 g/mol. The van der Waals surface area contributed by atoms with Gasteiger partial charge >= 0.3 is 0 Å². The van der Waals surface area contributed by atoms with Crippen LogP contribution in [-0.2, 0) is 0 Å². The minimum atomic E-state index is -1.27. The molecule has 0 amide bonds. The topological polar surface area (TPSA) is 73.6 Å². The van der Waals surface area contributed by atoms with Crippen molar-refractivity contribution in [1.29, 1.82) is 0 Å². The Labute approximate surface area is 109 Å². The highest BCUT2D eigenvalue weighted by Gasteiger charge is 2.21. The van der Waals surface area contributed by atoms with Crippen molar-refractivity contribution in [2.24, 2.45) is 0 Å². The van der Waals surface area contributed by atoms with Crippen molar-refractivity contribution >= 4 is 22.5 Å². The lowest BCUT2D eigenvalue weighted by molar-refractivity contribution is -0.0152. The molecule has 0 aliphatic carbocycles. The third-order valence-corrected chi connectivity index (χ3v) is 3.20. The van der Waals surface area contributed by atoms with E-state index < -0.39 is 18.8 Å². The fourth-order valence-electron chi connectivity index (χ4n) is 1.86. The summed E-state index contributed by atoms with van der Waals surface area (Å²) in [4.78, 5) is 4.23. The summed E-state index contributed by atoms with van der Waals surface area (Å²) < 4.78 is 0. The Bertz CT molecular complexity index is 573. The van der Waals surface area contributed by atoms with Crippen LogP contribution in [0.25, 0.3) is 10.9 Å². The van der Waals surface area contributed by atoms with Crippen LogP contribution < -0.4 is 0 Å². The molecule has 2 unspecified atom stereocenters. The van der Waals surface area contributed by atoms with Gasteiger partial charge in [0.1, 0.15) is 17.4 Å². The Morgan fingerprint density at radius 3 is 2.72 bits per heavy atom. The minimum Gasteiger partial charge on any atom is -0.394 e. The maximum absolute atomic E-state index is 9.86. The lowest BCUT2D eigenvalue weighted by Crippen LogP contribution is -2.22. The van der Waals surface area contributed by atoms with Crippen molar-refractivity contribution in [3.8, 4) is 0 Å². The molecule has 0 bridgehead atoms. The van der Waals surface area contributed by atoms with E-state index in [2.05, 4.69) is 4.98 Å². The second-order valence-corrected chi connectivity index (χ2v) is 4.57. The summed E-state index contributed by atoms with van der Waals surface area (Å²) in [5, 5.41) is 29.1. The smallest absolute Gasteiger partial charge is 0.135 e. The number of nitrogens with zero attached hydrogens (tertiary/aromatic N) is 1. The molecule has 18 heavy (non-hydrogen) atoms. The molecule has 1 aromatic heterocycles. The van der Waals surface area contributed by atoms with E-state index in [1.807, 2.05) is 25.1 Å². The highest BCUT2D eigenvalue weighted by molar-refractivity contribution is 6.30. The molecule has 0 saturated heterocycles. The van der Waals surface area contributed by atoms with Crippen LogP contribution >= 0.6 is 11.6 Å². The van der Waals surface area contributed by atoms with Gasteiger partial charge in [0.05, 0.1) is 12.1 Å². The van der Waals surface area contributed by atoms with Crippen LogP contribution in [0.15, 0.2) is 24.3 Å². The number of benzene rings is 1. The van der Waals surface area contributed by atoms with Crippen molar-refractivity contribution in [1.82, 2.24) is 4.98 Å². The Hall–Kier alpha value is -1.20. The SMILES string of the molecule is Cc1cccc2cc(C(O)C(O)CO)c(Cl)nc12. The second kappa shape index (κ2) is 5.20. The minimum absolute atomic E-state index is 0.136. The van der Waals surface area contributed by atoms with E-state index in [0.29, 0.717) is 5.56 Å². The monoisotopic (exact) mass is 267 g/mol. The first-order valence-electron chi connectivity index (χ1n) is 5.57. The first-order chi connectivity index (χ1) is 8.54. The summed E-state index contributed by atoms with van der Waals surface area (Å²) in [6.45, 7) is 1.38. The van der Waals surface area contributed by atoms with Crippen LogP contribution in [0.4, 0.5) is 0 Å². The summed E-state index contributed by atoms with van der Waals surface area (Å²) in [6, 6.07) is 7.34. The van der Waals surface area contributed by atoms with Gasteiger partial charge in [-0.2, -0.15) is 0 Å². The molecule has 0 spiro atoms. The van der Waals surface area contributed by atoms with Crippen LogP contribution in [0.1, 0.15) is 17.2 Å². The fraction of sp³-hybridized carbons (Fsp3) is 0.308.